The van der Waals surface area contributed by atoms with Crippen LogP contribution in [0.5, 0.6) is 0 Å². The molecule has 2 N–H and O–H groups in total. The van der Waals surface area contributed by atoms with E-state index in [0.717, 1.165) is 12.0 Å². The molecule has 0 bridgehead atoms. The first-order chi connectivity index (χ1) is 9.51. The molecule has 5 heteroatoms. The first kappa shape index (κ1) is 14.1. The van der Waals surface area contributed by atoms with Crippen LogP contribution in [-0.4, -0.2) is 27.6 Å². The van der Waals surface area contributed by atoms with Crippen molar-refractivity contribution in [3.63, 3.8) is 0 Å². The lowest BCUT2D eigenvalue weighted by Crippen LogP contribution is -2.27. The second-order valence-corrected chi connectivity index (χ2v) is 4.94. The van der Waals surface area contributed by atoms with E-state index in [1.54, 1.807) is 29.9 Å². The molecule has 2 aromatic rings. The van der Waals surface area contributed by atoms with Crippen molar-refractivity contribution in [2.24, 2.45) is 7.05 Å². The van der Waals surface area contributed by atoms with Crippen molar-refractivity contribution in [1.82, 2.24) is 14.7 Å². The summed E-state index contributed by atoms with van der Waals surface area (Å²) in [5, 5.41) is 4.10. The Labute approximate surface area is 119 Å². The van der Waals surface area contributed by atoms with Gasteiger partial charge in [0.1, 0.15) is 0 Å². The molecule has 0 fully saturated rings. The molecule has 0 saturated carbocycles. The number of carbonyl (C=O) groups excluding carboxylic acids is 1. The average Bonchev–Trinajstić information content (AvgIpc) is 2.77. The van der Waals surface area contributed by atoms with Gasteiger partial charge in [0.25, 0.3) is 5.91 Å². The Balaban J connectivity index is 2.09. The van der Waals surface area contributed by atoms with Gasteiger partial charge in [-0.1, -0.05) is 31.2 Å². The molecule has 0 spiro atoms. The molecule has 1 aromatic heterocycles. The molecule has 0 unspecified atom stereocenters. The Kier molecular flexibility index (Phi) is 4.08. The van der Waals surface area contributed by atoms with Crippen LogP contribution in [0.1, 0.15) is 28.5 Å². The summed E-state index contributed by atoms with van der Waals surface area (Å²) >= 11 is 0. The van der Waals surface area contributed by atoms with Crippen LogP contribution in [-0.2, 0) is 20.0 Å². The summed E-state index contributed by atoms with van der Waals surface area (Å²) in [6.45, 7) is 2.66. The van der Waals surface area contributed by atoms with Crippen LogP contribution in [0, 0.1) is 0 Å². The quantitative estimate of drug-likeness (QED) is 0.923. The molecule has 5 nitrogen and oxygen atoms in total. The minimum absolute atomic E-state index is 0.164. The van der Waals surface area contributed by atoms with E-state index in [1.165, 1.54) is 5.56 Å². The van der Waals surface area contributed by atoms with E-state index in [-0.39, 0.29) is 5.91 Å². The number of nitrogens with zero attached hydrogens (tertiary/aromatic N) is 3. The number of rotatable bonds is 4. The summed E-state index contributed by atoms with van der Waals surface area (Å²) in [4.78, 5) is 13.9. The molecular formula is C15H20N4O. The molecule has 0 aliphatic heterocycles. The number of hydrogen-bond acceptors (Lipinski definition) is 3. The van der Waals surface area contributed by atoms with Crippen molar-refractivity contribution in [2.75, 3.05) is 12.8 Å². The Bertz CT molecular complexity index is 601. The maximum absolute atomic E-state index is 12.3. The fourth-order valence-electron chi connectivity index (χ4n) is 2.08. The molecule has 1 amide bonds. The van der Waals surface area contributed by atoms with Crippen LogP contribution in [0.4, 0.5) is 5.69 Å². The van der Waals surface area contributed by atoms with Gasteiger partial charge in [0, 0.05) is 26.8 Å². The number of benzene rings is 1. The van der Waals surface area contributed by atoms with Crippen molar-refractivity contribution in [3.8, 4) is 0 Å². The Hall–Kier alpha value is -2.30. The monoisotopic (exact) mass is 272 g/mol. The molecule has 2 rings (SSSR count). The van der Waals surface area contributed by atoms with E-state index in [4.69, 9.17) is 5.73 Å². The summed E-state index contributed by atoms with van der Waals surface area (Å²) in [6, 6.07) is 8.26. The maximum atomic E-state index is 12.3. The first-order valence-electron chi connectivity index (χ1n) is 6.63. The van der Waals surface area contributed by atoms with E-state index in [0.29, 0.717) is 17.9 Å². The number of nitrogen functional groups attached to an aromatic ring is 1. The zero-order chi connectivity index (χ0) is 14.7. The second kappa shape index (κ2) is 5.77. The SMILES string of the molecule is CCc1ccc(CN(C)C(=O)c2nn(C)cc2N)cc1. The Morgan fingerprint density at radius 2 is 1.90 bits per heavy atom. The number of hydrogen-bond donors (Lipinski definition) is 1. The topological polar surface area (TPSA) is 64.2 Å². The van der Waals surface area contributed by atoms with Gasteiger partial charge in [-0.25, -0.2) is 0 Å². The number of anilines is 1. The van der Waals surface area contributed by atoms with E-state index in [9.17, 15) is 4.79 Å². The van der Waals surface area contributed by atoms with Crippen LogP contribution in [0.2, 0.25) is 0 Å². The van der Waals surface area contributed by atoms with Crippen molar-refractivity contribution in [2.45, 2.75) is 19.9 Å². The molecule has 1 heterocycles. The fraction of sp³-hybridized carbons (Fsp3) is 0.333. The number of aryl methyl sites for hydroxylation is 2. The summed E-state index contributed by atoms with van der Waals surface area (Å²) in [6.07, 6.45) is 2.65. The molecular weight excluding hydrogens is 252 g/mol. The number of amides is 1. The number of carbonyl (C=O) groups is 1. The van der Waals surface area contributed by atoms with E-state index in [1.807, 2.05) is 12.1 Å². The molecule has 0 radical (unpaired) electrons. The smallest absolute Gasteiger partial charge is 0.276 e. The van der Waals surface area contributed by atoms with Crippen molar-refractivity contribution < 1.29 is 4.79 Å². The van der Waals surface area contributed by atoms with Crippen LogP contribution in [0.15, 0.2) is 30.5 Å². The summed E-state index contributed by atoms with van der Waals surface area (Å²) < 4.78 is 1.55. The van der Waals surface area contributed by atoms with Crippen LogP contribution in [0.3, 0.4) is 0 Å². The van der Waals surface area contributed by atoms with Gasteiger partial charge in [-0.2, -0.15) is 5.10 Å². The summed E-state index contributed by atoms with van der Waals surface area (Å²) in [5.74, 6) is -0.164. The van der Waals surface area contributed by atoms with E-state index >= 15 is 0 Å². The standard InChI is InChI=1S/C15H20N4O/c1-4-11-5-7-12(8-6-11)9-18(2)15(20)14-13(16)10-19(3)17-14/h5-8,10H,4,9,16H2,1-3H3. The summed E-state index contributed by atoms with van der Waals surface area (Å²) in [7, 11) is 3.50. The maximum Gasteiger partial charge on any atom is 0.276 e. The predicted octanol–water partition coefficient (Wildman–Crippen LogP) is 1.84. The van der Waals surface area contributed by atoms with Crippen LogP contribution >= 0.6 is 0 Å². The van der Waals surface area contributed by atoms with Gasteiger partial charge in [0.05, 0.1) is 5.69 Å². The lowest BCUT2D eigenvalue weighted by atomic mass is 10.1. The van der Waals surface area contributed by atoms with Crippen molar-refractivity contribution in [3.05, 3.63) is 47.3 Å². The summed E-state index contributed by atoms with van der Waals surface area (Å²) in [5.41, 5.74) is 8.87. The molecule has 0 saturated heterocycles. The third-order valence-electron chi connectivity index (χ3n) is 3.26. The third-order valence-corrected chi connectivity index (χ3v) is 3.26. The van der Waals surface area contributed by atoms with Crippen molar-refractivity contribution in [1.29, 1.82) is 0 Å². The van der Waals surface area contributed by atoms with E-state index in [2.05, 4.69) is 24.2 Å². The molecule has 0 aliphatic carbocycles. The van der Waals surface area contributed by atoms with Gasteiger partial charge >= 0.3 is 0 Å². The predicted molar refractivity (Wildman–Crippen MR) is 79.2 cm³/mol. The number of aromatic nitrogens is 2. The average molecular weight is 272 g/mol. The van der Waals surface area contributed by atoms with Gasteiger partial charge in [-0.3, -0.25) is 9.48 Å². The Morgan fingerprint density at radius 3 is 2.40 bits per heavy atom. The van der Waals surface area contributed by atoms with Crippen LogP contribution < -0.4 is 5.73 Å². The second-order valence-electron chi connectivity index (χ2n) is 4.94. The lowest BCUT2D eigenvalue weighted by Gasteiger charge is -2.16. The largest absolute Gasteiger partial charge is 0.396 e. The van der Waals surface area contributed by atoms with Gasteiger partial charge in [0.2, 0.25) is 0 Å². The number of nitrogens with two attached hydrogens (primary N) is 1. The minimum atomic E-state index is -0.164. The zero-order valence-electron chi connectivity index (χ0n) is 12.1. The Morgan fingerprint density at radius 1 is 1.30 bits per heavy atom. The van der Waals surface area contributed by atoms with Gasteiger partial charge in [-0.15, -0.1) is 0 Å². The van der Waals surface area contributed by atoms with Gasteiger partial charge in [0.15, 0.2) is 5.69 Å². The third kappa shape index (κ3) is 2.99. The molecule has 106 valence electrons. The first-order valence-corrected chi connectivity index (χ1v) is 6.63. The van der Waals surface area contributed by atoms with Crippen LogP contribution in [0.25, 0.3) is 0 Å². The minimum Gasteiger partial charge on any atom is -0.396 e. The molecule has 0 atom stereocenters. The molecule has 0 aliphatic rings. The molecule has 20 heavy (non-hydrogen) atoms. The molecule has 1 aromatic carbocycles. The van der Waals surface area contributed by atoms with E-state index < -0.39 is 0 Å². The lowest BCUT2D eigenvalue weighted by molar-refractivity contribution is 0.0779. The normalized spacial score (nSPS) is 10.6. The highest BCUT2D eigenvalue weighted by atomic mass is 16.2. The van der Waals surface area contributed by atoms with Crippen molar-refractivity contribution >= 4 is 11.6 Å². The zero-order valence-corrected chi connectivity index (χ0v) is 12.1. The highest BCUT2D eigenvalue weighted by Gasteiger charge is 2.18. The highest BCUT2D eigenvalue weighted by molar-refractivity contribution is 5.96. The highest BCUT2D eigenvalue weighted by Crippen LogP contribution is 2.13. The fourth-order valence-corrected chi connectivity index (χ4v) is 2.08. The van der Waals surface area contributed by atoms with Gasteiger partial charge < -0.3 is 10.6 Å². The van der Waals surface area contributed by atoms with Gasteiger partial charge in [-0.05, 0) is 17.5 Å².